The zero-order chi connectivity index (χ0) is 9.52. The zero-order valence-electron chi connectivity index (χ0n) is 7.36. The second-order valence-electron chi connectivity index (χ2n) is 2.57. The molecular formula is C10H12N2S. The fourth-order valence-corrected chi connectivity index (χ4v) is 1.77. The summed E-state index contributed by atoms with van der Waals surface area (Å²) >= 11 is 1.73. The third-order valence-corrected chi connectivity index (χ3v) is 2.71. The number of nitrogen functional groups attached to an aromatic ring is 1. The van der Waals surface area contributed by atoms with Gasteiger partial charge in [0.15, 0.2) is 0 Å². The van der Waals surface area contributed by atoms with Crippen LogP contribution in [-0.4, -0.2) is 10.7 Å². The first kappa shape index (κ1) is 9.94. The van der Waals surface area contributed by atoms with Crippen molar-refractivity contribution in [2.75, 3.05) is 11.5 Å². The van der Waals surface area contributed by atoms with Crippen molar-refractivity contribution in [2.24, 2.45) is 0 Å². The van der Waals surface area contributed by atoms with E-state index in [1.165, 1.54) is 0 Å². The number of terminal acetylenes is 1. The average molecular weight is 192 g/mol. The van der Waals surface area contributed by atoms with E-state index < -0.39 is 0 Å². The Labute approximate surface area is 82.9 Å². The van der Waals surface area contributed by atoms with E-state index in [9.17, 15) is 0 Å². The molecule has 0 amide bonds. The first-order valence-corrected chi connectivity index (χ1v) is 5.09. The minimum atomic E-state index is 0.744. The number of nitrogens with two attached hydrogens (primary N) is 1. The summed E-state index contributed by atoms with van der Waals surface area (Å²) < 4.78 is 0. The molecule has 2 nitrogen and oxygen atoms in total. The Morgan fingerprint density at radius 2 is 2.46 bits per heavy atom. The topological polar surface area (TPSA) is 38.9 Å². The second kappa shape index (κ2) is 5.50. The van der Waals surface area contributed by atoms with Crippen molar-refractivity contribution in [1.82, 2.24) is 4.98 Å². The van der Waals surface area contributed by atoms with Crippen LogP contribution in [-0.2, 0) is 0 Å². The molecule has 0 fully saturated rings. The largest absolute Gasteiger partial charge is 0.397 e. The lowest BCUT2D eigenvalue weighted by Crippen LogP contribution is -1.89. The van der Waals surface area contributed by atoms with Gasteiger partial charge in [0.1, 0.15) is 0 Å². The van der Waals surface area contributed by atoms with E-state index in [2.05, 4.69) is 10.9 Å². The van der Waals surface area contributed by atoms with Crippen molar-refractivity contribution in [3.05, 3.63) is 18.5 Å². The summed E-state index contributed by atoms with van der Waals surface area (Å²) in [5.74, 6) is 3.62. The molecule has 1 aromatic rings. The first-order valence-electron chi connectivity index (χ1n) is 4.10. The number of hydrogen-bond donors (Lipinski definition) is 1. The van der Waals surface area contributed by atoms with Crippen LogP contribution in [0.4, 0.5) is 5.69 Å². The van der Waals surface area contributed by atoms with Crippen LogP contribution in [0.5, 0.6) is 0 Å². The molecular weight excluding hydrogens is 180 g/mol. The smallest absolute Gasteiger partial charge is 0.0638 e. The standard InChI is InChI=1S/C10H12N2S/c1-2-3-4-7-13-10-5-6-12-8-9(10)11/h1,5-6,8H,3-4,7,11H2. The molecule has 1 aromatic heterocycles. The van der Waals surface area contributed by atoms with Crippen LogP contribution in [0.25, 0.3) is 0 Å². The Morgan fingerprint density at radius 1 is 1.62 bits per heavy atom. The zero-order valence-corrected chi connectivity index (χ0v) is 8.18. The summed E-state index contributed by atoms with van der Waals surface area (Å²) in [7, 11) is 0. The van der Waals surface area contributed by atoms with Crippen molar-refractivity contribution in [2.45, 2.75) is 17.7 Å². The van der Waals surface area contributed by atoms with E-state index in [4.69, 9.17) is 12.2 Å². The molecule has 0 aliphatic rings. The van der Waals surface area contributed by atoms with Gasteiger partial charge in [-0.25, -0.2) is 0 Å². The lowest BCUT2D eigenvalue weighted by Gasteiger charge is -2.02. The Bertz CT molecular complexity index is 304. The van der Waals surface area contributed by atoms with Crippen LogP contribution in [0.2, 0.25) is 0 Å². The van der Waals surface area contributed by atoms with E-state index in [-0.39, 0.29) is 0 Å². The monoisotopic (exact) mass is 192 g/mol. The van der Waals surface area contributed by atoms with Crippen molar-refractivity contribution in [3.8, 4) is 12.3 Å². The highest BCUT2D eigenvalue weighted by Gasteiger charge is 1.97. The maximum atomic E-state index is 5.71. The molecule has 0 aliphatic heterocycles. The summed E-state index contributed by atoms with van der Waals surface area (Å²) in [6.45, 7) is 0. The third-order valence-electron chi connectivity index (χ3n) is 1.53. The Balaban J connectivity index is 2.37. The Kier molecular flexibility index (Phi) is 4.20. The molecule has 0 saturated heterocycles. The van der Waals surface area contributed by atoms with Crippen LogP contribution in [0.3, 0.4) is 0 Å². The molecule has 1 rings (SSSR count). The van der Waals surface area contributed by atoms with Gasteiger partial charge in [0.25, 0.3) is 0 Å². The summed E-state index contributed by atoms with van der Waals surface area (Å²) in [6, 6.07) is 1.93. The molecule has 0 saturated carbocycles. The molecule has 13 heavy (non-hydrogen) atoms. The maximum absolute atomic E-state index is 5.71. The van der Waals surface area contributed by atoms with Gasteiger partial charge >= 0.3 is 0 Å². The Hall–Kier alpha value is -1.14. The van der Waals surface area contributed by atoms with Crippen molar-refractivity contribution in [1.29, 1.82) is 0 Å². The number of aromatic nitrogens is 1. The average Bonchev–Trinajstić information content (AvgIpc) is 2.15. The van der Waals surface area contributed by atoms with Gasteiger partial charge in [-0.15, -0.1) is 24.1 Å². The van der Waals surface area contributed by atoms with Crippen LogP contribution in [0, 0.1) is 12.3 Å². The minimum Gasteiger partial charge on any atom is -0.397 e. The fraction of sp³-hybridized carbons (Fsp3) is 0.300. The molecule has 0 radical (unpaired) electrons. The van der Waals surface area contributed by atoms with E-state index in [0.717, 1.165) is 29.2 Å². The van der Waals surface area contributed by atoms with Gasteiger partial charge in [0, 0.05) is 17.5 Å². The molecule has 1 heterocycles. The van der Waals surface area contributed by atoms with Crippen LogP contribution >= 0.6 is 11.8 Å². The van der Waals surface area contributed by atoms with Gasteiger partial charge in [0.05, 0.1) is 11.9 Å². The maximum Gasteiger partial charge on any atom is 0.0638 e. The van der Waals surface area contributed by atoms with E-state index >= 15 is 0 Å². The number of thioether (sulfide) groups is 1. The highest BCUT2D eigenvalue weighted by atomic mass is 32.2. The predicted octanol–water partition coefficient (Wildman–Crippen LogP) is 2.17. The van der Waals surface area contributed by atoms with Gasteiger partial charge in [-0.2, -0.15) is 0 Å². The quantitative estimate of drug-likeness (QED) is 0.451. The number of unbranched alkanes of at least 4 members (excludes halogenated alkanes) is 1. The molecule has 0 unspecified atom stereocenters. The van der Waals surface area contributed by atoms with Crippen molar-refractivity contribution < 1.29 is 0 Å². The van der Waals surface area contributed by atoms with E-state index in [1.807, 2.05) is 6.07 Å². The van der Waals surface area contributed by atoms with Crippen molar-refractivity contribution in [3.63, 3.8) is 0 Å². The summed E-state index contributed by atoms with van der Waals surface area (Å²) in [5, 5.41) is 0. The molecule has 0 atom stereocenters. The molecule has 0 aromatic carbocycles. The summed E-state index contributed by atoms with van der Waals surface area (Å²) in [5.41, 5.74) is 6.46. The number of nitrogens with zero attached hydrogens (tertiary/aromatic N) is 1. The van der Waals surface area contributed by atoms with Gasteiger partial charge < -0.3 is 5.73 Å². The Morgan fingerprint density at radius 3 is 3.15 bits per heavy atom. The number of pyridine rings is 1. The van der Waals surface area contributed by atoms with Gasteiger partial charge in [-0.1, -0.05) is 0 Å². The fourth-order valence-electron chi connectivity index (χ4n) is 0.882. The second-order valence-corrected chi connectivity index (χ2v) is 3.71. The molecule has 0 aliphatic carbocycles. The third kappa shape index (κ3) is 3.39. The molecule has 0 spiro atoms. The number of hydrogen-bond acceptors (Lipinski definition) is 3. The SMILES string of the molecule is C#CCCCSc1ccncc1N. The highest BCUT2D eigenvalue weighted by Crippen LogP contribution is 2.24. The predicted molar refractivity (Wildman–Crippen MR) is 57.4 cm³/mol. The number of anilines is 1. The minimum absolute atomic E-state index is 0.744. The lowest BCUT2D eigenvalue weighted by atomic mass is 10.4. The van der Waals surface area contributed by atoms with E-state index in [0.29, 0.717) is 0 Å². The molecule has 3 heteroatoms. The van der Waals surface area contributed by atoms with E-state index in [1.54, 1.807) is 24.2 Å². The van der Waals surface area contributed by atoms with Crippen molar-refractivity contribution >= 4 is 17.4 Å². The molecule has 68 valence electrons. The number of rotatable bonds is 4. The first-order chi connectivity index (χ1) is 6.34. The summed E-state index contributed by atoms with van der Waals surface area (Å²) in [4.78, 5) is 5.01. The molecule has 2 N–H and O–H groups in total. The van der Waals surface area contributed by atoms with Gasteiger partial charge in [-0.3, -0.25) is 4.98 Å². The normalized spacial score (nSPS) is 9.46. The lowest BCUT2D eigenvalue weighted by molar-refractivity contribution is 0.997. The van der Waals surface area contributed by atoms with Gasteiger partial charge in [-0.05, 0) is 18.2 Å². The van der Waals surface area contributed by atoms with Crippen LogP contribution in [0.1, 0.15) is 12.8 Å². The van der Waals surface area contributed by atoms with Crippen LogP contribution < -0.4 is 5.73 Å². The highest BCUT2D eigenvalue weighted by molar-refractivity contribution is 7.99. The van der Waals surface area contributed by atoms with Crippen LogP contribution in [0.15, 0.2) is 23.4 Å². The molecule has 0 bridgehead atoms. The van der Waals surface area contributed by atoms with Gasteiger partial charge in [0.2, 0.25) is 0 Å². The summed E-state index contributed by atoms with van der Waals surface area (Å²) in [6.07, 6.45) is 10.4.